The number of hydrogen-bond acceptors (Lipinski definition) is 2. The number of aliphatic hydroxyl groups is 1. The van der Waals surface area contributed by atoms with E-state index in [-0.39, 0.29) is 0 Å². The van der Waals surface area contributed by atoms with Gasteiger partial charge in [-0.05, 0) is 40.4 Å². The molecule has 1 unspecified atom stereocenters. The van der Waals surface area contributed by atoms with Gasteiger partial charge in [-0.25, -0.2) is 0 Å². The summed E-state index contributed by atoms with van der Waals surface area (Å²) in [5.74, 6) is 0. The van der Waals surface area contributed by atoms with E-state index in [4.69, 9.17) is 11.6 Å². The van der Waals surface area contributed by atoms with E-state index in [9.17, 15) is 5.11 Å². The van der Waals surface area contributed by atoms with Crippen molar-refractivity contribution in [3.8, 4) is 0 Å². The highest BCUT2D eigenvalue weighted by atomic mass is 35.5. The molecule has 1 nitrogen and oxygen atoms in total. The lowest BCUT2D eigenvalue weighted by atomic mass is 9.99. The molecule has 102 valence electrons. The molecule has 3 rings (SSSR count). The fraction of sp³-hybridized carbons (Fsp3) is 0.176. The minimum atomic E-state index is -0.569. The molecule has 0 aliphatic rings. The van der Waals surface area contributed by atoms with Gasteiger partial charge in [0.1, 0.15) is 0 Å². The van der Waals surface area contributed by atoms with Crippen molar-refractivity contribution in [1.29, 1.82) is 0 Å². The van der Waals surface area contributed by atoms with Crippen LogP contribution in [-0.4, -0.2) is 5.11 Å². The van der Waals surface area contributed by atoms with Crippen LogP contribution in [0.2, 0.25) is 5.02 Å². The smallest absolute Gasteiger partial charge is 0.0845 e. The summed E-state index contributed by atoms with van der Waals surface area (Å²) < 4.78 is 1.25. The van der Waals surface area contributed by atoms with E-state index in [0.29, 0.717) is 11.4 Å². The molecule has 1 atom stereocenters. The zero-order valence-electron chi connectivity index (χ0n) is 11.1. The van der Waals surface area contributed by atoms with Crippen molar-refractivity contribution < 1.29 is 5.11 Å². The van der Waals surface area contributed by atoms with Crippen LogP contribution in [0.1, 0.15) is 22.8 Å². The Hall–Kier alpha value is -1.35. The predicted octanol–water partition coefficient (Wildman–Crippen LogP) is 5.14. The summed E-state index contributed by atoms with van der Waals surface area (Å²) >= 11 is 8.00. The van der Waals surface area contributed by atoms with Crippen molar-refractivity contribution in [2.75, 3.05) is 0 Å². The van der Waals surface area contributed by atoms with Gasteiger partial charge in [0.25, 0.3) is 0 Å². The molecular formula is C17H15ClOS. The van der Waals surface area contributed by atoms with Crippen molar-refractivity contribution in [2.24, 2.45) is 0 Å². The van der Waals surface area contributed by atoms with Crippen LogP contribution in [-0.2, 0) is 6.42 Å². The van der Waals surface area contributed by atoms with E-state index in [0.717, 1.165) is 11.1 Å². The Balaban J connectivity index is 1.92. The summed E-state index contributed by atoms with van der Waals surface area (Å²) in [6.07, 6.45) is 0.0214. The van der Waals surface area contributed by atoms with Crippen molar-refractivity contribution in [3.63, 3.8) is 0 Å². The van der Waals surface area contributed by atoms with Gasteiger partial charge in [-0.2, -0.15) is 0 Å². The Morgan fingerprint density at radius 3 is 2.80 bits per heavy atom. The lowest BCUT2D eigenvalue weighted by Crippen LogP contribution is -2.02. The third-order valence-electron chi connectivity index (χ3n) is 3.56. The number of aliphatic hydroxyl groups excluding tert-OH is 1. The van der Waals surface area contributed by atoms with Gasteiger partial charge in [-0.3, -0.25) is 0 Å². The molecule has 3 heteroatoms. The maximum Gasteiger partial charge on any atom is 0.0845 e. The van der Waals surface area contributed by atoms with Gasteiger partial charge in [-0.1, -0.05) is 48.0 Å². The van der Waals surface area contributed by atoms with Crippen LogP contribution < -0.4 is 0 Å². The summed E-state index contributed by atoms with van der Waals surface area (Å²) in [6.45, 7) is 1.96. The molecule has 2 aromatic carbocycles. The van der Waals surface area contributed by atoms with Crippen LogP contribution >= 0.6 is 22.9 Å². The third-order valence-corrected chi connectivity index (χ3v) is 5.08. The predicted molar refractivity (Wildman–Crippen MR) is 86.7 cm³/mol. The first-order chi connectivity index (χ1) is 9.66. The van der Waals surface area contributed by atoms with Crippen LogP contribution in [0.4, 0.5) is 0 Å². The molecule has 0 aliphatic carbocycles. The van der Waals surface area contributed by atoms with E-state index < -0.39 is 6.10 Å². The van der Waals surface area contributed by atoms with Crippen LogP contribution in [0.5, 0.6) is 0 Å². The summed E-state index contributed by atoms with van der Waals surface area (Å²) in [5.41, 5.74) is 2.98. The quantitative estimate of drug-likeness (QED) is 0.710. The molecule has 0 saturated carbocycles. The number of aryl methyl sites for hydroxylation is 1. The van der Waals surface area contributed by atoms with E-state index in [2.05, 4.69) is 17.5 Å². The molecule has 1 aromatic heterocycles. The first-order valence-corrected chi connectivity index (χ1v) is 7.81. The molecule has 0 aliphatic heterocycles. The molecule has 1 heterocycles. The largest absolute Gasteiger partial charge is 0.388 e. The highest BCUT2D eigenvalue weighted by molar-refractivity contribution is 7.17. The van der Waals surface area contributed by atoms with Gasteiger partial charge >= 0.3 is 0 Å². The fourth-order valence-corrected chi connectivity index (χ4v) is 3.66. The van der Waals surface area contributed by atoms with Crippen molar-refractivity contribution in [2.45, 2.75) is 19.4 Å². The Kier molecular flexibility index (Phi) is 3.79. The van der Waals surface area contributed by atoms with E-state index in [1.54, 1.807) is 11.3 Å². The van der Waals surface area contributed by atoms with E-state index in [1.807, 2.05) is 37.3 Å². The lowest BCUT2D eigenvalue weighted by Gasteiger charge is -2.13. The Morgan fingerprint density at radius 1 is 1.15 bits per heavy atom. The lowest BCUT2D eigenvalue weighted by molar-refractivity contribution is 0.179. The second-order valence-corrected chi connectivity index (χ2v) is 6.24. The zero-order chi connectivity index (χ0) is 14.1. The van der Waals surface area contributed by atoms with E-state index >= 15 is 0 Å². The van der Waals surface area contributed by atoms with Crippen LogP contribution in [0.25, 0.3) is 10.1 Å². The Labute approximate surface area is 127 Å². The molecule has 0 spiro atoms. The summed E-state index contributed by atoms with van der Waals surface area (Å²) in [7, 11) is 0. The topological polar surface area (TPSA) is 20.2 Å². The fourth-order valence-electron chi connectivity index (χ4n) is 2.44. The number of rotatable bonds is 3. The first kappa shape index (κ1) is 13.6. The molecule has 0 saturated heterocycles. The normalized spacial score (nSPS) is 12.8. The summed E-state index contributed by atoms with van der Waals surface area (Å²) in [5, 5.41) is 14.5. The maximum atomic E-state index is 10.5. The molecule has 3 aromatic rings. The van der Waals surface area contributed by atoms with Gasteiger partial charge < -0.3 is 5.11 Å². The average Bonchev–Trinajstić information content (AvgIpc) is 2.85. The average molecular weight is 303 g/mol. The second-order valence-electron chi connectivity index (χ2n) is 4.96. The molecule has 20 heavy (non-hydrogen) atoms. The van der Waals surface area contributed by atoms with Gasteiger partial charge in [0.2, 0.25) is 0 Å². The zero-order valence-corrected chi connectivity index (χ0v) is 12.7. The van der Waals surface area contributed by atoms with Crippen molar-refractivity contribution >= 4 is 33.0 Å². The Morgan fingerprint density at radius 2 is 1.95 bits per heavy atom. The van der Waals surface area contributed by atoms with Gasteiger partial charge in [0, 0.05) is 16.1 Å². The van der Waals surface area contributed by atoms with Crippen molar-refractivity contribution in [3.05, 3.63) is 69.6 Å². The molecule has 0 fully saturated rings. The third kappa shape index (κ3) is 2.47. The number of thiophene rings is 1. The number of halogens is 1. The molecular weight excluding hydrogens is 288 g/mol. The van der Waals surface area contributed by atoms with E-state index in [1.165, 1.54) is 15.6 Å². The number of benzene rings is 2. The summed E-state index contributed by atoms with van der Waals surface area (Å²) in [4.78, 5) is 0. The van der Waals surface area contributed by atoms with Crippen LogP contribution in [0.15, 0.2) is 47.8 Å². The maximum absolute atomic E-state index is 10.5. The van der Waals surface area contributed by atoms with Crippen molar-refractivity contribution in [1.82, 2.24) is 0 Å². The molecule has 0 radical (unpaired) electrons. The Bertz CT molecular complexity index is 748. The monoisotopic (exact) mass is 302 g/mol. The molecule has 1 N–H and O–H groups in total. The minimum absolute atomic E-state index is 0.569. The van der Waals surface area contributed by atoms with Gasteiger partial charge in [0.05, 0.1) is 6.10 Å². The number of fused-ring (bicyclic) bond motifs is 1. The molecule has 0 bridgehead atoms. The van der Waals surface area contributed by atoms with Gasteiger partial charge in [-0.15, -0.1) is 11.3 Å². The van der Waals surface area contributed by atoms with Gasteiger partial charge in [0.15, 0.2) is 0 Å². The highest BCUT2D eigenvalue weighted by Crippen LogP contribution is 2.32. The SMILES string of the molecule is Cc1cccc(C(O)Cc2csc3ccccc23)c1Cl. The summed E-state index contributed by atoms with van der Waals surface area (Å²) in [6, 6.07) is 14.1. The highest BCUT2D eigenvalue weighted by Gasteiger charge is 2.15. The van der Waals surface area contributed by atoms with Crippen LogP contribution in [0.3, 0.4) is 0 Å². The standard InChI is InChI=1S/C17H15ClOS/c1-11-5-4-7-14(17(11)18)15(19)9-12-10-20-16-8-3-2-6-13(12)16/h2-8,10,15,19H,9H2,1H3. The molecule has 0 amide bonds. The number of hydrogen-bond donors (Lipinski definition) is 1. The van der Waals surface area contributed by atoms with Crippen LogP contribution in [0, 0.1) is 6.92 Å². The minimum Gasteiger partial charge on any atom is -0.388 e. The first-order valence-electron chi connectivity index (χ1n) is 6.55. The second kappa shape index (κ2) is 5.57.